The van der Waals surface area contributed by atoms with E-state index in [0.717, 1.165) is 25.1 Å². The lowest BCUT2D eigenvalue weighted by molar-refractivity contribution is 0.306. The van der Waals surface area contributed by atoms with Crippen molar-refractivity contribution in [1.29, 1.82) is 0 Å². The molecule has 0 fully saturated rings. The van der Waals surface area contributed by atoms with Crippen LogP contribution in [0.15, 0.2) is 115 Å². The molecule has 4 aromatic rings. The van der Waals surface area contributed by atoms with Crippen molar-refractivity contribution in [3.05, 3.63) is 138 Å². The molecule has 0 atom stereocenters. The Kier molecular flexibility index (Phi) is 7.51. The van der Waals surface area contributed by atoms with Crippen LogP contribution in [0, 0.1) is 0 Å². The van der Waals surface area contributed by atoms with Crippen molar-refractivity contribution in [2.45, 2.75) is 32.0 Å². The maximum absolute atomic E-state index is 5.91. The van der Waals surface area contributed by atoms with E-state index in [-0.39, 0.29) is 0 Å². The molecule has 0 radical (unpaired) electrons. The molecule has 0 aliphatic rings. The first-order valence-corrected chi connectivity index (χ1v) is 10.9. The van der Waals surface area contributed by atoms with Crippen LogP contribution < -0.4 is 10.1 Å². The van der Waals surface area contributed by atoms with Gasteiger partial charge in [-0.2, -0.15) is 0 Å². The number of benzene rings is 4. The highest BCUT2D eigenvalue weighted by molar-refractivity contribution is 5.28. The quantitative estimate of drug-likeness (QED) is 0.337. The molecule has 0 aliphatic heterocycles. The van der Waals surface area contributed by atoms with Gasteiger partial charge in [0.15, 0.2) is 0 Å². The van der Waals surface area contributed by atoms with Gasteiger partial charge in [-0.05, 0) is 47.2 Å². The summed E-state index contributed by atoms with van der Waals surface area (Å²) in [5.74, 6) is 0.901. The molecule has 4 aromatic carbocycles. The monoisotopic (exact) mass is 407 g/mol. The van der Waals surface area contributed by atoms with Gasteiger partial charge in [0.05, 0.1) is 0 Å². The highest BCUT2D eigenvalue weighted by Crippen LogP contribution is 2.15. The maximum Gasteiger partial charge on any atom is 0.119 e. The zero-order valence-corrected chi connectivity index (χ0v) is 17.8. The highest BCUT2D eigenvalue weighted by atomic mass is 16.5. The summed E-state index contributed by atoms with van der Waals surface area (Å²) in [5.41, 5.74) is 5.16. The minimum atomic E-state index is 0.374. The van der Waals surface area contributed by atoms with E-state index in [1.807, 2.05) is 18.2 Å². The van der Waals surface area contributed by atoms with E-state index in [1.54, 1.807) is 0 Å². The average Bonchev–Trinajstić information content (AvgIpc) is 2.84. The summed E-state index contributed by atoms with van der Waals surface area (Å²) in [6, 6.07) is 40.5. The number of ether oxygens (including phenoxy) is 1. The number of nitrogens with one attached hydrogen (secondary N) is 1. The lowest BCUT2D eigenvalue weighted by Crippen LogP contribution is -2.32. The molecule has 0 saturated heterocycles. The molecule has 0 heterocycles. The van der Waals surface area contributed by atoms with E-state index < -0.39 is 0 Å². The van der Waals surface area contributed by atoms with Crippen LogP contribution in [0.5, 0.6) is 5.75 Å². The Bertz CT molecular complexity index is 973. The second-order valence-electron chi connectivity index (χ2n) is 7.88. The van der Waals surface area contributed by atoms with Crippen LogP contribution >= 0.6 is 0 Å². The lowest BCUT2D eigenvalue weighted by atomic mass is 9.98. The topological polar surface area (TPSA) is 21.3 Å². The van der Waals surface area contributed by atoms with Crippen LogP contribution in [0.1, 0.15) is 22.3 Å². The first kappa shape index (κ1) is 20.9. The summed E-state index contributed by atoms with van der Waals surface area (Å²) in [4.78, 5) is 0. The van der Waals surface area contributed by atoms with Gasteiger partial charge in [-0.15, -0.1) is 0 Å². The Morgan fingerprint density at radius 1 is 0.516 bits per heavy atom. The molecule has 2 heteroatoms. The molecule has 0 aromatic heterocycles. The Morgan fingerprint density at radius 2 is 1.00 bits per heavy atom. The molecule has 2 nitrogen and oxygen atoms in total. The molecular formula is C29H29NO. The molecule has 0 saturated carbocycles. The van der Waals surface area contributed by atoms with Crippen molar-refractivity contribution < 1.29 is 4.74 Å². The number of hydrogen-bond acceptors (Lipinski definition) is 2. The van der Waals surface area contributed by atoms with Gasteiger partial charge in [-0.25, -0.2) is 0 Å². The van der Waals surface area contributed by atoms with Crippen molar-refractivity contribution in [3.63, 3.8) is 0 Å². The Hall–Kier alpha value is -3.36. The third-order valence-corrected chi connectivity index (χ3v) is 5.42. The van der Waals surface area contributed by atoms with Gasteiger partial charge < -0.3 is 10.1 Å². The van der Waals surface area contributed by atoms with Crippen LogP contribution in [-0.4, -0.2) is 6.04 Å². The summed E-state index contributed by atoms with van der Waals surface area (Å²) < 4.78 is 5.91. The van der Waals surface area contributed by atoms with Crippen LogP contribution in [0.25, 0.3) is 0 Å². The summed E-state index contributed by atoms with van der Waals surface area (Å²) in [6.07, 6.45) is 2.02. The van der Waals surface area contributed by atoms with E-state index >= 15 is 0 Å². The fourth-order valence-corrected chi connectivity index (χ4v) is 3.72. The van der Waals surface area contributed by atoms with Crippen LogP contribution in [0.2, 0.25) is 0 Å². The fraction of sp³-hybridized carbons (Fsp3) is 0.172. The Labute approximate surface area is 185 Å². The average molecular weight is 408 g/mol. The van der Waals surface area contributed by atoms with Gasteiger partial charge in [0.2, 0.25) is 0 Å². The predicted molar refractivity (Wildman–Crippen MR) is 128 cm³/mol. The number of rotatable bonds is 10. The Balaban J connectivity index is 1.34. The summed E-state index contributed by atoms with van der Waals surface area (Å²) in [6.45, 7) is 1.43. The van der Waals surface area contributed by atoms with E-state index in [0.29, 0.717) is 12.6 Å². The van der Waals surface area contributed by atoms with Crippen molar-refractivity contribution in [2.24, 2.45) is 0 Å². The fourth-order valence-electron chi connectivity index (χ4n) is 3.72. The normalized spacial score (nSPS) is 10.9. The van der Waals surface area contributed by atoms with Gasteiger partial charge in [0, 0.05) is 12.6 Å². The van der Waals surface area contributed by atoms with E-state index in [1.165, 1.54) is 22.3 Å². The van der Waals surface area contributed by atoms with E-state index in [2.05, 4.69) is 102 Å². The summed E-state index contributed by atoms with van der Waals surface area (Å²) in [5, 5.41) is 3.77. The molecule has 0 spiro atoms. The van der Waals surface area contributed by atoms with Crippen molar-refractivity contribution in [3.8, 4) is 5.75 Å². The zero-order chi connectivity index (χ0) is 21.1. The molecule has 0 aliphatic carbocycles. The lowest BCUT2D eigenvalue weighted by Gasteiger charge is -2.19. The zero-order valence-electron chi connectivity index (χ0n) is 17.8. The molecule has 4 rings (SSSR count). The molecule has 0 bridgehead atoms. The second-order valence-corrected chi connectivity index (χ2v) is 7.88. The summed E-state index contributed by atoms with van der Waals surface area (Å²) >= 11 is 0. The third kappa shape index (κ3) is 6.84. The Morgan fingerprint density at radius 3 is 1.52 bits per heavy atom. The van der Waals surface area contributed by atoms with Gasteiger partial charge in [-0.3, -0.25) is 0 Å². The van der Waals surface area contributed by atoms with Crippen LogP contribution in [0.4, 0.5) is 0 Å². The van der Waals surface area contributed by atoms with Gasteiger partial charge >= 0.3 is 0 Å². The minimum Gasteiger partial charge on any atom is -0.489 e. The van der Waals surface area contributed by atoms with Gasteiger partial charge in [0.25, 0.3) is 0 Å². The first-order valence-electron chi connectivity index (χ1n) is 10.9. The second kappa shape index (κ2) is 11.1. The maximum atomic E-state index is 5.91. The van der Waals surface area contributed by atoms with Crippen LogP contribution in [0.3, 0.4) is 0 Å². The van der Waals surface area contributed by atoms with Crippen molar-refractivity contribution in [1.82, 2.24) is 5.32 Å². The van der Waals surface area contributed by atoms with Crippen molar-refractivity contribution in [2.75, 3.05) is 0 Å². The largest absolute Gasteiger partial charge is 0.489 e. The highest BCUT2D eigenvalue weighted by Gasteiger charge is 2.11. The first-order chi connectivity index (χ1) is 15.3. The smallest absolute Gasteiger partial charge is 0.119 e. The van der Waals surface area contributed by atoms with Gasteiger partial charge in [0.1, 0.15) is 12.4 Å². The molecular weight excluding hydrogens is 378 g/mol. The SMILES string of the molecule is c1ccc(COc2ccc(CNC(Cc3ccccc3)Cc3ccccc3)cc2)cc1. The van der Waals surface area contributed by atoms with E-state index in [4.69, 9.17) is 4.74 Å². The van der Waals surface area contributed by atoms with E-state index in [9.17, 15) is 0 Å². The standard InChI is InChI=1S/C29H29NO/c1-4-10-24(11-5-1)20-28(21-25-12-6-2-7-13-25)30-22-26-16-18-29(19-17-26)31-23-27-14-8-3-9-15-27/h1-19,28,30H,20-23H2. The minimum absolute atomic E-state index is 0.374. The van der Waals surface area contributed by atoms with Gasteiger partial charge in [-0.1, -0.05) is 103 Å². The molecule has 1 N–H and O–H groups in total. The third-order valence-electron chi connectivity index (χ3n) is 5.42. The molecule has 0 amide bonds. The number of hydrogen-bond donors (Lipinski definition) is 1. The predicted octanol–water partition coefficient (Wildman–Crippen LogP) is 6.21. The van der Waals surface area contributed by atoms with Crippen LogP contribution in [-0.2, 0) is 26.0 Å². The molecule has 31 heavy (non-hydrogen) atoms. The molecule has 0 unspecified atom stereocenters. The summed E-state index contributed by atoms with van der Waals surface area (Å²) in [7, 11) is 0. The molecule has 156 valence electrons. The van der Waals surface area contributed by atoms with Crippen molar-refractivity contribution >= 4 is 0 Å².